The summed E-state index contributed by atoms with van der Waals surface area (Å²) in [6.07, 6.45) is 14.2. The van der Waals surface area contributed by atoms with E-state index in [1.54, 1.807) is 0 Å². The van der Waals surface area contributed by atoms with Gasteiger partial charge in [0, 0.05) is 0 Å². The van der Waals surface area contributed by atoms with Crippen molar-refractivity contribution in [3.63, 3.8) is 0 Å². The second-order valence-electron chi connectivity index (χ2n) is 8.98. The molecule has 1 aromatic carbocycles. The number of rotatable bonds is 16. The molecule has 1 N–H and O–H groups in total. The lowest BCUT2D eigenvalue weighted by Gasteiger charge is -2.26. The van der Waals surface area contributed by atoms with Crippen LogP contribution in [0, 0.1) is 0 Å². The standard InChI is InChI=1S/C24H44NO2/c1-5-6-7-8-9-10-11-12-13-14-17-22-18-15-16-19-24(22)27-21-23(26)20-25(2,3)4/h15-16,18-19,23,26H,5-14,17,20-21H2,1-4H3/q+1. The Morgan fingerprint density at radius 1 is 0.852 bits per heavy atom. The van der Waals surface area contributed by atoms with E-state index in [2.05, 4.69) is 40.2 Å². The minimum Gasteiger partial charge on any atom is -0.490 e. The van der Waals surface area contributed by atoms with Crippen LogP contribution in [-0.4, -0.2) is 50.0 Å². The highest BCUT2D eigenvalue weighted by atomic mass is 16.5. The number of aliphatic hydroxyl groups excluding tert-OH is 1. The molecule has 0 amide bonds. The van der Waals surface area contributed by atoms with Gasteiger partial charge in [0.2, 0.25) is 0 Å². The van der Waals surface area contributed by atoms with E-state index in [1.165, 1.54) is 69.8 Å². The molecule has 0 spiro atoms. The lowest BCUT2D eigenvalue weighted by atomic mass is 10.0. The molecule has 27 heavy (non-hydrogen) atoms. The summed E-state index contributed by atoms with van der Waals surface area (Å²) in [7, 11) is 6.26. The summed E-state index contributed by atoms with van der Waals surface area (Å²) in [6, 6.07) is 8.30. The Balaban J connectivity index is 2.20. The van der Waals surface area contributed by atoms with Gasteiger partial charge in [-0.1, -0.05) is 82.9 Å². The Morgan fingerprint density at radius 3 is 2.00 bits per heavy atom. The van der Waals surface area contributed by atoms with Crippen LogP contribution in [0.4, 0.5) is 0 Å². The zero-order valence-electron chi connectivity index (χ0n) is 18.4. The van der Waals surface area contributed by atoms with Crippen molar-refractivity contribution >= 4 is 0 Å². The first kappa shape index (κ1) is 24.0. The van der Waals surface area contributed by atoms with Crippen molar-refractivity contribution in [3.8, 4) is 5.75 Å². The molecule has 0 fully saturated rings. The van der Waals surface area contributed by atoms with E-state index < -0.39 is 6.10 Å². The maximum atomic E-state index is 10.2. The number of aryl methyl sites for hydroxylation is 1. The lowest BCUT2D eigenvalue weighted by Crippen LogP contribution is -2.43. The zero-order valence-corrected chi connectivity index (χ0v) is 18.4. The molecule has 0 saturated heterocycles. The Hall–Kier alpha value is -1.06. The minimum absolute atomic E-state index is 0.366. The molecule has 1 unspecified atom stereocenters. The molecule has 0 bridgehead atoms. The first-order valence-electron chi connectivity index (χ1n) is 11.1. The van der Waals surface area contributed by atoms with Crippen molar-refractivity contribution in [2.45, 2.75) is 83.7 Å². The fraction of sp³-hybridized carbons (Fsp3) is 0.750. The van der Waals surface area contributed by atoms with Gasteiger partial charge in [-0.05, 0) is 24.5 Å². The van der Waals surface area contributed by atoms with Crippen LogP contribution in [0.2, 0.25) is 0 Å². The number of likely N-dealkylation sites (N-methyl/N-ethyl adjacent to an activating group) is 1. The molecule has 0 radical (unpaired) electrons. The summed E-state index contributed by atoms with van der Waals surface area (Å²) in [6.45, 7) is 3.34. The van der Waals surface area contributed by atoms with Crippen molar-refractivity contribution in [1.29, 1.82) is 0 Å². The number of aliphatic hydroxyl groups is 1. The van der Waals surface area contributed by atoms with Gasteiger partial charge in [0.25, 0.3) is 0 Å². The number of hydrogen-bond acceptors (Lipinski definition) is 2. The van der Waals surface area contributed by atoms with Crippen molar-refractivity contribution in [2.75, 3.05) is 34.3 Å². The minimum atomic E-state index is -0.435. The van der Waals surface area contributed by atoms with E-state index in [0.29, 0.717) is 13.2 Å². The van der Waals surface area contributed by atoms with Gasteiger partial charge in [0.1, 0.15) is 25.0 Å². The maximum absolute atomic E-state index is 10.2. The average Bonchev–Trinajstić information content (AvgIpc) is 2.61. The summed E-state index contributed by atoms with van der Waals surface area (Å²) < 4.78 is 6.67. The molecule has 156 valence electrons. The van der Waals surface area contributed by atoms with Crippen LogP contribution >= 0.6 is 0 Å². The molecule has 3 nitrogen and oxygen atoms in total. The van der Waals surface area contributed by atoms with Crippen molar-refractivity contribution in [3.05, 3.63) is 29.8 Å². The highest BCUT2D eigenvalue weighted by Gasteiger charge is 2.16. The van der Waals surface area contributed by atoms with E-state index in [-0.39, 0.29) is 0 Å². The van der Waals surface area contributed by atoms with Gasteiger partial charge in [-0.25, -0.2) is 0 Å². The monoisotopic (exact) mass is 378 g/mol. The molecular formula is C24H44NO2+. The predicted octanol–water partition coefficient (Wildman–Crippen LogP) is 5.60. The summed E-state index contributed by atoms with van der Waals surface area (Å²) in [5.74, 6) is 0.939. The molecular weight excluding hydrogens is 334 g/mol. The fourth-order valence-corrected chi connectivity index (χ4v) is 3.52. The summed E-state index contributed by atoms with van der Waals surface area (Å²) in [4.78, 5) is 0. The van der Waals surface area contributed by atoms with Crippen LogP contribution in [-0.2, 0) is 6.42 Å². The van der Waals surface area contributed by atoms with E-state index in [0.717, 1.165) is 16.7 Å². The number of benzene rings is 1. The Kier molecular flexibility index (Phi) is 12.4. The molecule has 0 aliphatic carbocycles. The highest BCUT2D eigenvalue weighted by molar-refractivity contribution is 5.33. The zero-order chi connectivity index (χ0) is 20.0. The van der Waals surface area contributed by atoms with Gasteiger partial charge < -0.3 is 14.3 Å². The second kappa shape index (κ2) is 14.0. The van der Waals surface area contributed by atoms with E-state index in [1.807, 2.05) is 12.1 Å². The molecule has 0 aliphatic rings. The first-order valence-corrected chi connectivity index (χ1v) is 11.1. The maximum Gasteiger partial charge on any atom is 0.137 e. The summed E-state index contributed by atoms with van der Waals surface area (Å²) >= 11 is 0. The number of para-hydroxylation sites is 1. The summed E-state index contributed by atoms with van der Waals surface area (Å²) in [5, 5.41) is 10.2. The number of unbranched alkanes of at least 4 members (excludes halogenated alkanes) is 9. The molecule has 0 saturated carbocycles. The van der Waals surface area contributed by atoms with Gasteiger partial charge in [0.15, 0.2) is 0 Å². The Bertz CT molecular complexity index is 482. The van der Waals surface area contributed by atoms with E-state index >= 15 is 0 Å². The topological polar surface area (TPSA) is 29.5 Å². The van der Waals surface area contributed by atoms with Crippen LogP contribution in [0.1, 0.15) is 76.7 Å². The molecule has 1 rings (SSSR count). The van der Waals surface area contributed by atoms with E-state index in [4.69, 9.17) is 4.74 Å². The van der Waals surface area contributed by atoms with Crippen LogP contribution in [0.5, 0.6) is 5.75 Å². The lowest BCUT2D eigenvalue weighted by molar-refractivity contribution is -0.873. The first-order chi connectivity index (χ1) is 12.9. The number of nitrogens with zero attached hydrogens (tertiary/aromatic N) is 1. The smallest absolute Gasteiger partial charge is 0.137 e. The third-order valence-electron chi connectivity index (χ3n) is 4.96. The van der Waals surface area contributed by atoms with Crippen molar-refractivity contribution < 1.29 is 14.3 Å². The second-order valence-corrected chi connectivity index (χ2v) is 8.98. The van der Waals surface area contributed by atoms with Gasteiger partial charge in [-0.3, -0.25) is 0 Å². The van der Waals surface area contributed by atoms with Crippen molar-refractivity contribution in [2.24, 2.45) is 0 Å². The quantitative estimate of drug-likeness (QED) is 0.300. The number of ether oxygens (including phenoxy) is 1. The fourth-order valence-electron chi connectivity index (χ4n) is 3.52. The average molecular weight is 379 g/mol. The predicted molar refractivity (Wildman–Crippen MR) is 116 cm³/mol. The van der Waals surface area contributed by atoms with Crippen molar-refractivity contribution in [1.82, 2.24) is 0 Å². The third-order valence-corrected chi connectivity index (χ3v) is 4.96. The number of quaternary nitrogens is 1. The van der Waals surface area contributed by atoms with Gasteiger partial charge in [-0.2, -0.15) is 0 Å². The van der Waals surface area contributed by atoms with Crippen LogP contribution in [0.15, 0.2) is 24.3 Å². The molecule has 0 aliphatic heterocycles. The van der Waals surface area contributed by atoms with Gasteiger partial charge in [-0.15, -0.1) is 0 Å². The molecule has 1 aromatic rings. The molecule has 1 atom stereocenters. The van der Waals surface area contributed by atoms with Crippen LogP contribution < -0.4 is 4.74 Å². The summed E-state index contributed by atoms with van der Waals surface area (Å²) in [5.41, 5.74) is 1.27. The van der Waals surface area contributed by atoms with Gasteiger partial charge >= 0.3 is 0 Å². The van der Waals surface area contributed by atoms with E-state index in [9.17, 15) is 5.11 Å². The third kappa shape index (κ3) is 12.9. The molecule has 0 aromatic heterocycles. The Labute approximate surface area is 168 Å². The Morgan fingerprint density at radius 2 is 1.41 bits per heavy atom. The molecule has 3 heteroatoms. The number of hydrogen-bond donors (Lipinski definition) is 1. The van der Waals surface area contributed by atoms with Crippen LogP contribution in [0.3, 0.4) is 0 Å². The molecule has 0 heterocycles. The van der Waals surface area contributed by atoms with Gasteiger partial charge in [0.05, 0.1) is 21.1 Å². The normalized spacial score (nSPS) is 12.9. The van der Waals surface area contributed by atoms with Crippen LogP contribution in [0.25, 0.3) is 0 Å². The SMILES string of the molecule is CCCCCCCCCCCCc1ccccc1OCC(O)C[N+](C)(C)C. The highest BCUT2D eigenvalue weighted by Crippen LogP contribution is 2.21. The largest absolute Gasteiger partial charge is 0.490 e.